The van der Waals surface area contributed by atoms with Gasteiger partial charge in [0.25, 0.3) is 0 Å². The molecule has 0 fully saturated rings. The van der Waals surface area contributed by atoms with Crippen molar-refractivity contribution in [2.24, 2.45) is 40.7 Å². The zero-order valence-electron chi connectivity index (χ0n) is 44.3. The van der Waals surface area contributed by atoms with Crippen molar-refractivity contribution >= 4 is 71.0 Å². The number of aromatic hydroxyl groups is 1. The molecule has 426 valence electrons. The molecule has 0 bridgehead atoms. The Kier molecular flexibility index (Phi) is 29.3. The third kappa shape index (κ3) is 24.7. The lowest BCUT2D eigenvalue weighted by Gasteiger charge is -2.29. The molecular formula is C49H80N12O15. The van der Waals surface area contributed by atoms with Gasteiger partial charge in [0.05, 0.1) is 12.5 Å². The van der Waals surface area contributed by atoms with Crippen LogP contribution in [0.5, 0.6) is 5.75 Å². The van der Waals surface area contributed by atoms with Crippen LogP contribution in [0.3, 0.4) is 0 Å². The number of carbonyl (C=O) groups is 12. The molecule has 27 nitrogen and oxygen atoms in total. The topological polar surface area (TPSA) is 466 Å². The van der Waals surface area contributed by atoms with Gasteiger partial charge in [-0.2, -0.15) is 0 Å². The first kappa shape index (κ1) is 66.6. The highest BCUT2D eigenvalue weighted by atomic mass is 16.4. The molecule has 0 unspecified atom stereocenters. The average molecular weight is 1080 g/mol. The van der Waals surface area contributed by atoms with Crippen LogP contribution in [0.25, 0.3) is 0 Å². The Bertz CT molecular complexity index is 2180. The molecule has 0 saturated carbocycles. The number of benzene rings is 1. The maximum absolute atomic E-state index is 14.0. The van der Waals surface area contributed by atoms with E-state index in [1.54, 1.807) is 53.7 Å². The number of unbranched alkanes of at least 4 members (excludes halogenated alkanes) is 1. The Labute approximate surface area is 441 Å². The summed E-state index contributed by atoms with van der Waals surface area (Å²) in [5, 5.41) is 48.3. The minimum Gasteiger partial charge on any atom is -0.508 e. The van der Waals surface area contributed by atoms with Crippen molar-refractivity contribution in [1.82, 2.24) is 42.5 Å². The summed E-state index contributed by atoms with van der Waals surface area (Å²) in [5.41, 5.74) is 23.2. The number of amides is 10. The summed E-state index contributed by atoms with van der Waals surface area (Å²) in [7, 11) is 0. The van der Waals surface area contributed by atoms with Crippen molar-refractivity contribution in [3.63, 3.8) is 0 Å². The molecule has 0 aliphatic rings. The fourth-order valence-electron chi connectivity index (χ4n) is 7.43. The van der Waals surface area contributed by atoms with Crippen LogP contribution in [0.2, 0.25) is 0 Å². The fraction of sp³-hybridized carbons (Fsp3) is 0.633. The van der Waals surface area contributed by atoms with Crippen LogP contribution >= 0.6 is 0 Å². The lowest BCUT2D eigenvalue weighted by Crippen LogP contribution is -2.61. The van der Waals surface area contributed by atoms with E-state index >= 15 is 0 Å². The lowest BCUT2D eigenvalue weighted by molar-refractivity contribution is -0.143. The molecule has 1 aromatic rings. The first-order chi connectivity index (χ1) is 35.5. The van der Waals surface area contributed by atoms with Crippen molar-refractivity contribution in [2.45, 2.75) is 173 Å². The molecule has 27 heteroatoms. The van der Waals surface area contributed by atoms with Gasteiger partial charge in [0.1, 0.15) is 54.1 Å². The lowest BCUT2D eigenvalue weighted by atomic mass is 9.99. The number of carbonyl (C=O) groups excluding carboxylic acids is 10. The molecule has 0 heterocycles. The average Bonchev–Trinajstić information content (AvgIpc) is 3.33. The van der Waals surface area contributed by atoms with Gasteiger partial charge in [-0.1, -0.05) is 60.1 Å². The summed E-state index contributed by atoms with van der Waals surface area (Å²) >= 11 is 0. The zero-order valence-corrected chi connectivity index (χ0v) is 44.3. The number of primary amides is 2. The normalized spacial score (nSPS) is 15.1. The predicted octanol–water partition coefficient (Wildman–Crippen LogP) is -2.87. The Morgan fingerprint density at radius 3 is 1.51 bits per heavy atom. The third-order valence-corrected chi connectivity index (χ3v) is 12.1. The Morgan fingerprint density at radius 2 is 1.01 bits per heavy atom. The number of rotatable bonds is 36. The van der Waals surface area contributed by atoms with Crippen LogP contribution in [0.15, 0.2) is 24.3 Å². The molecule has 0 radical (unpaired) electrons. The zero-order chi connectivity index (χ0) is 58.0. The van der Waals surface area contributed by atoms with Crippen molar-refractivity contribution in [2.75, 3.05) is 6.54 Å². The van der Waals surface area contributed by atoms with E-state index in [0.29, 0.717) is 24.8 Å². The Morgan fingerprint density at radius 1 is 0.539 bits per heavy atom. The van der Waals surface area contributed by atoms with Gasteiger partial charge < -0.3 is 80.8 Å². The summed E-state index contributed by atoms with van der Waals surface area (Å²) in [6.07, 6.45) is -1.94. The summed E-state index contributed by atoms with van der Waals surface area (Å²) < 4.78 is 0. The Hall–Kier alpha value is -7.42. The van der Waals surface area contributed by atoms with Crippen LogP contribution in [0.4, 0.5) is 0 Å². The van der Waals surface area contributed by atoms with E-state index in [-0.39, 0.29) is 37.5 Å². The maximum atomic E-state index is 14.0. The fourth-order valence-corrected chi connectivity index (χ4v) is 7.43. The molecule has 1 rings (SSSR count). The minimum absolute atomic E-state index is 0.00783. The number of phenols is 1. The summed E-state index contributed by atoms with van der Waals surface area (Å²) in [6.45, 7) is 11.5. The molecule has 10 amide bonds. The van der Waals surface area contributed by atoms with E-state index in [2.05, 4.69) is 42.5 Å². The molecule has 0 spiro atoms. The summed E-state index contributed by atoms with van der Waals surface area (Å²) in [6, 6.07) is -7.09. The van der Waals surface area contributed by atoms with Crippen molar-refractivity contribution in [1.29, 1.82) is 0 Å². The van der Waals surface area contributed by atoms with Crippen molar-refractivity contribution in [3.8, 4) is 5.75 Å². The van der Waals surface area contributed by atoms with Gasteiger partial charge in [-0.25, -0.2) is 4.79 Å². The molecule has 76 heavy (non-hydrogen) atoms. The maximum Gasteiger partial charge on any atom is 0.326 e. The third-order valence-electron chi connectivity index (χ3n) is 12.1. The van der Waals surface area contributed by atoms with E-state index in [0.717, 1.165) is 0 Å². The van der Waals surface area contributed by atoms with Gasteiger partial charge in [0, 0.05) is 12.8 Å². The second-order valence-electron chi connectivity index (χ2n) is 19.5. The van der Waals surface area contributed by atoms with Crippen LogP contribution in [0, 0.1) is 17.8 Å². The van der Waals surface area contributed by atoms with Crippen molar-refractivity contribution < 1.29 is 72.9 Å². The standard InChI is InChI=1S/C49H80N12O15/c1-8-26(6)40(49(75)76)61-41(67)27(7)54-43(69)31(11-9-10-20-50)57-48(74)39(25(4)5)60-45(71)32(16-18-36(52)63)55-44(70)33(17-19-38(65)66)56-47(73)35(23-37(53)64)59-46(72)34(21-24(2)3)58-42(68)30(51)22-28-12-14-29(62)15-13-28/h12-15,24-27,30-35,39-40,62H,8-11,16-23,50-51H2,1-7H3,(H2,52,63)(H2,53,64)(H,54,69)(H,55,70)(H,56,73)(H,57,74)(H,58,68)(H,59,72)(H,60,71)(H,61,67)(H,65,66)(H,75,76)/t26-,27-,30-,31-,32-,33-,34-,35-,39-,40-/m0/s1. The quantitative estimate of drug-likeness (QED) is 0.0300. The highest BCUT2D eigenvalue weighted by molar-refractivity contribution is 5.99. The number of carboxylic acids is 2. The second kappa shape index (κ2) is 33.5. The van der Waals surface area contributed by atoms with Crippen LogP contribution in [-0.4, -0.2) is 147 Å². The number of aliphatic carboxylic acids is 2. The molecular weight excluding hydrogens is 997 g/mol. The van der Waals surface area contributed by atoms with E-state index in [1.165, 1.54) is 19.1 Å². The predicted molar refractivity (Wildman–Crippen MR) is 274 cm³/mol. The first-order valence-corrected chi connectivity index (χ1v) is 25.2. The van der Waals surface area contributed by atoms with Crippen LogP contribution < -0.4 is 65.5 Å². The molecule has 10 atom stereocenters. The molecule has 0 saturated heterocycles. The van der Waals surface area contributed by atoms with Gasteiger partial charge in [-0.05, 0) is 93.9 Å². The number of hydrogen-bond donors (Lipinski definition) is 15. The van der Waals surface area contributed by atoms with E-state index in [4.69, 9.17) is 22.9 Å². The minimum atomic E-state index is -1.80. The molecule has 1 aromatic carbocycles. The van der Waals surface area contributed by atoms with E-state index in [9.17, 15) is 72.9 Å². The SMILES string of the molecule is CC[C@H](C)[C@H](NC(=O)[C@H](C)NC(=O)[C@H](CCCCN)NC(=O)[C@@H](NC(=O)[C@H](CCC(N)=O)NC(=O)[C@H](CCC(=O)O)NC(=O)[C@H](CC(N)=O)NC(=O)[C@H](CC(C)C)NC(=O)[C@@H](N)Cc1ccc(O)cc1)C(C)C)C(=O)O. The molecule has 0 aliphatic carbocycles. The highest BCUT2D eigenvalue weighted by Crippen LogP contribution is 2.14. The first-order valence-electron chi connectivity index (χ1n) is 25.2. The molecule has 0 aliphatic heterocycles. The number of hydrogen-bond acceptors (Lipinski definition) is 15. The largest absolute Gasteiger partial charge is 0.508 e. The molecule has 19 N–H and O–H groups in total. The van der Waals surface area contributed by atoms with Gasteiger partial charge in [-0.3, -0.25) is 52.7 Å². The number of nitrogens with one attached hydrogen (secondary N) is 8. The van der Waals surface area contributed by atoms with Gasteiger partial charge in [-0.15, -0.1) is 0 Å². The highest BCUT2D eigenvalue weighted by Gasteiger charge is 2.36. The summed E-state index contributed by atoms with van der Waals surface area (Å²) in [5.74, 6) is -13.7. The summed E-state index contributed by atoms with van der Waals surface area (Å²) in [4.78, 5) is 157. The van der Waals surface area contributed by atoms with E-state index < -0.39 is 169 Å². The molecule has 0 aromatic heterocycles. The van der Waals surface area contributed by atoms with Crippen molar-refractivity contribution in [3.05, 3.63) is 29.8 Å². The Balaban J connectivity index is 3.44. The van der Waals surface area contributed by atoms with Gasteiger partial charge >= 0.3 is 11.9 Å². The van der Waals surface area contributed by atoms with Crippen LogP contribution in [0.1, 0.15) is 118 Å². The smallest absolute Gasteiger partial charge is 0.326 e. The van der Waals surface area contributed by atoms with Gasteiger partial charge in [0.15, 0.2) is 0 Å². The number of nitrogens with two attached hydrogens (primary N) is 4. The van der Waals surface area contributed by atoms with Crippen LogP contribution in [-0.2, 0) is 64.0 Å². The second-order valence-corrected chi connectivity index (χ2v) is 19.5. The number of phenolic OH excluding ortho intramolecular Hbond substituents is 1. The van der Waals surface area contributed by atoms with E-state index in [1.807, 2.05) is 0 Å². The van der Waals surface area contributed by atoms with Gasteiger partial charge in [0.2, 0.25) is 59.1 Å². The monoisotopic (exact) mass is 1080 g/mol. The number of carboxylic acid groups (broad SMARTS) is 2.